The molecule has 0 radical (unpaired) electrons. The predicted octanol–water partition coefficient (Wildman–Crippen LogP) is 6.87. The highest BCUT2D eigenvalue weighted by Crippen LogP contribution is 2.36. The van der Waals surface area contributed by atoms with Gasteiger partial charge in [0.2, 0.25) is 0 Å². The number of phenols is 1. The highest BCUT2D eigenvalue weighted by molar-refractivity contribution is 8.01. The average molecular weight is 339 g/mol. The van der Waals surface area contributed by atoms with Crippen LogP contribution in [-0.2, 0) is 0 Å². The Morgan fingerprint density at radius 2 is 1.36 bits per heavy atom. The number of aromatic hydroxyl groups is 1. The molecule has 0 amide bonds. The number of unbranched alkanes of at least 4 members (excludes halogenated alkanes) is 3. The van der Waals surface area contributed by atoms with E-state index in [1.165, 1.54) is 62.0 Å². The van der Waals surface area contributed by atoms with Crippen LogP contribution in [0.25, 0.3) is 0 Å². The Bertz CT molecular complexity index is 386. The SMILES string of the molecule is CCCC[Si](CCCC)(CCCC)CSc1ccccc1O. The molecule has 0 bridgehead atoms. The molecule has 0 aromatic heterocycles. The molecule has 0 fully saturated rings. The van der Waals surface area contributed by atoms with Gasteiger partial charge in [0.1, 0.15) is 5.75 Å². The van der Waals surface area contributed by atoms with Crippen LogP contribution in [0.4, 0.5) is 0 Å². The van der Waals surface area contributed by atoms with Crippen LogP contribution in [0, 0.1) is 0 Å². The first-order valence-corrected chi connectivity index (χ1v) is 12.9. The quantitative estimate of drug-likeness (QED) is 0.331. The molecule has 0 heterocycles. The summed E-state index contributed by atoms with van der Waals surface area (Å²) in [5.74, 6) is 0.455. The fourth-order valence-corrected chi connectivity index (χ4v) is 11.1. The van der Waals surface area contributed by atoms with Crippen LogP contribution in [0.15, 0.2) is 29.2 Å². The molecule has 1 aromatic rings. The maximum atomic E-state index is 10.0. The van der Waals surface area contributed by atoms with E-state index in [1.807, 2.05) is 30.0 Å². The largest absolute Gasteiger partial charge is 0.507 e. The van der Waals surface area contributed by atoms with Gasteiger partial charge in [-0.1, -0.05) is 89.6 Å². The summed E-state index contributed by atoms with van der Waals surface area (Å²) in [6, 6.07) is 12.3. The van der Waals surface area contributed by atoms with Gasteiger partial charge in [0, 0.05) is 4.90 Å². The topological polar surface area (TPSA) is 20.2 Å². The minimum Gasteiger partial charge on any atom is -0.507 e. The van der Waals surface area contributed by atoms with Gasteiger partial charge in [0.15, 0.2) is 0 Å². The molecule has 1 N–H and O–H groups in total. The van der Waals surface area contributed by atoms with Crippen molar-refractivity contribution in [1.82, 2.24) is 0 Å². The zero-order chi connectivity index (χ0) is 16.3. The van der Waals surface area contributed by atoms with Crippen LogP contribution in [-0.4, -0.2) is 18.6 Å². The van der Waals surface area contributed by atoms with E-state index in [0.717, 1.165) is 4.90 Å². The molecular weight excluding hydrogens is 304 g/mol. The van der Waals surface area contributed by atoms with Crippen LogP contribution in [0.5, 0.6) is 5.75 Å². The number of hydrogen-bond donors (Lipinski definition) is 1. The number of phenolic OH excluding ortho intramolecular Hbond substituents is 1. The lowest BCUT2D eigenvalue weighted by Crippen LogP contribution is -2.37. The van der Waals surface area contributed by atoms with Gasteiger partial charge in [-0.05, 0) is 17.5 Å². The molecule has 0 aliphatic carbocycles. The minimum atomic E-state index is -1.21. The van der Waals surface area contributed by atoms with Crippen molar-refractivity contribution in [3.05, 3.63) is 24.3 Å². The summed E-state index contributed by atoms with van der Waals surface area (Å²) in [4.78, 5) is 1.07. The number of benzene rings is 1. The van der Waals surface area contributed by atoms with Gasteiger partial charge in [0.25, 0.3) is 0 Å². The fraction of sp³-hybridized carbons (Fsp3) is 0.684. The van der Waals surface area contributed by atoms with E-state index in [4.69, 9.17) is 0 Å². The molecule has 0 spiro atoms. The third-order valence-corrected chi connectivity index (χ3v) is 12.5. The fourth-order valence-electron chi connectivity index (χ4n) is 3.06. The molecule has 0 unspecified atom stereocenters. The summed E-state index contributed by atoms with van der Waals surface area (Å²) in [6.07, 6.45) is 8.11. The summed E-state index contributed by atoms with van der Waals surface area (Å²) >= 11 is 1.92. The van der Waals surface area contributed by atoms with Crippen LogP contribution < -0.4 is 0 Å². The van der Waals surface area contributed by atoms with Crippen molar-refractivity contribution in [2.45, 2.75) is 82.3 Å². The molecule has 1 aromatic carbocycles. The van der Waals surface area contributed by atoms with Crippen molar-refractivity contribution in [1.29, 1.82) is 0 Å². The van der Waals surface area contributed by atoms with Crippen LogP contribution in [0.3, 0.4) is 0 Å². The molecule has 0 saturated heterocycles. The van der Waals surface area contributed by atoms with Crippen molar-refractivity contribution in [2.75, 3.05) is 5.38 Å². The lowest BCUT2D eigenvalue weighted by atomic mass is 10.3. The van der Waals surface area contributed by atoms with Gasteiger partial charge in [-0.15, -0.1) is 11.8 Å². The molecular formula is C19H34OSSi. The Hall–Kier alpha value is -0.413. The minimum absolute atomic E-state index is 0.455. The van der Waals surface area contributed by atoms with Crippen molar-refractivity contribution in [3.8, 4) is 5.75 Å². The number of thioether (sulfide) groups is 1. The third kappa shape index (κ3) is 6.78. The van der Waals surface area contributed by atoms with E-state index in [9.17, 15) is 5.11 Å². The summed E-state index contributed by atoms with van der Waals surface area (Å²) in [5.41, 5.74) is 0. The first-order chi connectivity index (χ1) is 10.7. The van der Waals surface area contributed by atoms with E-state index in [0.29, 0.717) is 5.75 Å². The predicted molar refractivity (Wildman–Crippen MR) is 104 cm³/mol. The van der Waals surface area contributed by atoms with Gasteiger partial charge in [0.05, 0.1) is 8.07 Å². The van der Waals surface area contributed by atoms with Crippen molar-refractivity contribution < 1.29 is 5.11 Å². The Morgan fingerprint density at radius 3 is 1.82 bits per heavy atom. The second-order valence-corrected chi connectivity index (χ2v) is 13.0. The molecule has 126 valence electrons. The van der Waals surface area contributed by atoms with Crippen molar-refractivity contribution in [2.24, 2.45) is 0 Å². The normalized spacial score (nSPS) is 11.8. The van der Waals surface area contributed by atoms with Crippen LogP contribution >= 0.6 is 11.8 Å². The molecule has 0 saturated carbocycles. The summed E-state index contributed by atoms with van der Waals surface area (Å²) in [6.45, 7) is 6.94. The lowest BCUT2D eigenvalue weighted by Gasteiger charge is -2.32. The monoisotopic (exact) mass is 338 g/mol. The summed E-state index contributed by atoms with van der Waals surface area (Å²) in [5, 5.41) is 11.3. The van der Waals surface area contributed by atoms with Crippen LogP contribution in [0.1, 0.15) is 59.3 Å². The summed E-state index contributed by atoms with van der Waals surface area (Å²) in [7, 11) is -1.21. The Balaban J connectivity index is 2.78. The summed E-state index contributed by atoms with van der Waals surface area (Å²) < 4.78 is 0. The maximum absolute atomic E-state index is 10.0. The van der Waals surface area contributed by atoms with Crippen LogP contribution in [0.2, 0.25) is 18.1 Å². The number of rotatable bonds is 12. The highest BCUT2D eigenvalue weighted by Gasteiger charge is 2.31. The Kier molecular flexibility index (Phi) is 9.97. The number of para-hydroxylation sites is 1. The lowest BCUT2D eigenvalue weighted by molar-refractivity contribution is 0.462. The molecule has 0 atom stereocenters. The molecule has 22 heavy (non-hydrogen) atoms. The first-order valence-electron chi connectivity index (χ1n) is 9.08. The zero-order valence-electron chi connectivity index (χ0n) is 14.7. The maximum Gasteiger partial charge on any atom is 0.129 e. The van der Waals surface area contributed by atoms with E-state index in [1.54, 1.807) is 0 Å². The standard InChI is InChI=1S/C19H34OSSi/c1-4-7-14-22(15-8-5-2,16-9-6-3)17-21-19-13-11-10-12-18(19)20/h10-13,20H,4-9,14-17H2,1-3H3. The Morgan fingerprint density at radius 1 is 0.864 bits per heavy atom. The van der Waals surface area contributed by atoms with Crippen molar-refractivity contribution >= 4 is 19.8 Å². The second kappa shape index (κ2) is 11.2. The molecule has 0 aliphatic rings. The van der Waals surface area contributed by atoms with E-state index in [2.05, 4.69) is 26.8 Å². The van der Waals surface area contributed by atoms with Gasteiger partial charge >= 0.3 is 0 Å². The average Bonchev–Trinajstić information content (AvgIpc) is 2.55. The van der Waals surface area contributed by atoms with Gasteiger partial charge < -0.3 is 5.11 Å². The van der Waals surface area contributed by atoms with Gasteiger partial charge in [-0.2, -0.15) is 0 Å². The molecule has 0 aliphatic heterocycles. The highest BCUT2D eigenvalue weighted by atomic mass is 32.2. The first kappa shape index (κ1) is 19.6. The van der Waals surface area contributed by atoms with E-state index in [-0.39, 0.29) is 0 Å². The third-order valence-electron chi connectivity index (χ3n) is 4.58. The molecule has 1 rings (SSSR count). The smallest absolute Gasteiger partial charge is 0.129 e. The molecule has 1 nitrogen and oxygen atoms in total. The number of hydrogen-bond acceptors (Lipinski definition) is 2. The van der Waals surface area contributed by atoms with E-state index >= 15 is 0 Å². The van der Waals surface area contributed by atoms with Gasteiger partial charge in [-0.3, -0.25) is 0 Å². The Labute approximate surface area is 142 Å². The van der Waals surface area contributed by atoms with Crippen molar-refractivity contribution in [3.63, 3.8) is 0 Å². The van der Waals surface area contributed by atoms with E-state index < -0.39 is 8.07 Å². The molecule has 3 heteroatoms. The van der Waals surface area contributed by atoms with Gasteiger partial charge in [-0.25, -0.2) is 0 Å². The second-order valence-electron chi connectivity index (χ2n) is 6.57. The zero-order valence-corrected chi connectivity index (χ0v) is 16.6.